The topological polar surface area (TPSA) is 62.5 Å². The lowest BCUT2D eigenvalue weighted by molar-refractivity contribution is -0.140. The minimum atomic E-state index is -4.42. The van der Waals surface area contributed by atoms with E-state index in [-0.39, 0.29) is 12.5 Å². The quantitative estimate of drug-likeness (QED) is 0.828. The van der Waals surface area contributed by atoms with Crippen LogP contribution in [0.5, 0.6) is 0 Å². The van der Waals surface area contributed by atoms with Crippen molar-refractivity contribution in [2.75, 3.05) is 0 Å². The largest absolute Gasteiger partial charge is 0.480 e. The van der Waals surface area contributed by atoms with Crippen molar-refractivity contribution in [2.45, 2.75) is 32.6 Å². The zero-order chi connectivity index (χ0) is 17.9. The van der Waals surface area contributed by atoms with Crippen molar-refractivity contribution in [1.82, 2.24) is 5.32 Å². The predicted molar refractivity (Wildman–Crippen MR) is 82.2 cm³/mol. The Hall–Kier alpha value is -2.28. The zero-order valence-electron chi connectivity index (χ0n) is 13.2. The molecular formula is C17H18F3NO3. The minimum absolute atomic E-state index is 0.111. The second kappa shape index (κ2) is 7.09. The molecule has 0 saturated carbocycles. The van der Waals surface area contributed by atoms with Crippen molar-refractivity contribution in [3.8, 4) is 11.3 Å². The normalized spacial score (nSPS) is 13.2. The Bertz CT molecular complexity index is 707. The number of aliphatic carboxylic acids is 1. The van der Waals surface area contributed by atoms with Gasteiger partial charge in [0.05, 0.1) is 12.1 Å². The molecular weight excluding hydrogens is 323 g/mol. The average Bonchev–Trinajstić information content (AvgIpc) is 2.95. The molecule has 1 atom stereocenters. The van der Waals surface area contributed by atoms with Gasteiger partial charge in [-0.1, -0.05) is 26.0 Å². The van der Waals surface area contributed by atoms with E-state index in [1.807, 2.05) is 0 Å². The molecule has 0 amide bonds. The summed E-state index contributed by atoms with van der Waals surface area (Å²) in [7, 11) is 0. The van der Waals surface area contributed by atoms with Gasteiger partial charge in [0, 0.05) is 5.56 Å². The molecule has 1 heterocycles. The van der Waals surface area contributed by atoms with Crippen LogP contribution in [0.4, 0.5) is 13.2 Å². The van der Waals surface area contributed by atoms with Gasteiger partial charge in [0.1, 0.15) is 17.6 Å². The monoisotopic (exact) mass is 341 g/mol. The van der Waals surface area contributed by atoms with Gasteiger partial charge in [-0.15, -0.1) is 0 Å². The maximum Gasteiger partial charge on any atom is 0.416 e. The molecule has 0 fully saturated rings. The van der Waals surface area contributed by atoms with Crippen LogP contribution in [-0.4, -0.2) is 17.1 Å². The van der Waals surface area contributed by atoms with Gasteiger partial charge >= 0.3 is 12.1 Å². The van der Waals surface area contributed by atoms with Crippen LogP contribution < -0.4 is 5.32 Å². The van der Waals surface area contributed by atoms with Gasteiger partial charge in [0.15, 0.2) is 0 Å². The second-order valence-electron chi connectivity index (χ2n) is 5.79. The Morgan fingerprint density at radius 3 is 2.54 bits per heavy atom. The van der Waals surface area contributed by atoms with E-state index in [1.165, 1.54) is 12.1 Å². The molecule has 0 saturated heterocycles. The summed E-state index contributed by atoms with van der Waals surface area (Å²) < 4.78 is 43.8. The third-order valence-corrected chi connectivity index (χ3v) is 3.56. The van der Waals surface area contributed by atoms with Crippen molar-refractivity contribution < 1.29 is 27.5 Å². The van der Waals surface area contributed by atoms with Crippen LogP contribution in [-0.2, 0) is 17.5 Å². The van der Waals surface area contributed by atoms with E-state index in [9.17, 15) is 18.0 Å². The third kappa shape index (κ3) is 4.38. The van der Waals surface area contributed by atoms with Gasteiger partial charge in [0.2, 0.25) is 0 Å². The standard InChI is InChI=1S/C17H18F3NO3/c1-10(2)15(16(22)23)21-9-13-6-7-14(24-13)11-4-3-5-12(8-11)17(18,19)20/h3-8,10,15,21H,9H2,1-2H3,(H,22,23)/t15-/m1/s1. The first-order valence-corrected chi connectivity index (χ1v) is 7.41. The Morgan fingerprint density at radius 2 is 1.96 bits per heavy atom. The zero-order valence-corrected chi connectivity index (χ0v) is 13.2. The Labute approximate surface area is 137 Å². The van der Waals surface area contributed by atoms with E-state index in [0.717, 1.165) is 12.1 Å². The lowest BCUT2D eigenvalue weighted by Gasteiger charge is -2.16. The molecule has 0 unspecified atom stereocenters. The van der Waals surface area contributed by atoms with Gasteiger partial charge in [-0.05, 0) is 30.2 Å². The number of benzene rings is 1. The number of furan rings is 1. The molecule has 1 aromatic carbocycles. The number of carboxylic acids is 1. The molecule has 4 nitrogen and oxygen atoms in total. The van der Waals surface area contributed by atoms with E-state index in [4.69, 9.17) is 9.52 Å². The van der Waals surface area contributed by atoms with E-state index in [2.05, 4.69) is 5.32 Å². The molecule has 0 spiro atoms. The molecule has 1 aromatic heterocycles. The number of rotatable bonds is 6. The van der Waals surface area contributed by atoms with Crippen molar-refractivity contribution in [1.29, 1.82) is 0 Å². The summed E-state index contributed by atoms with van der Waals surface area (Å²) in [5, 5.41) is 12.0. The van der Waals surface area contributed by atoms with Crippen LogP contribution >= 0.6 is 0 Å². The lowest BCUT2D eigenvalue weighted by Crippen LogP contribution is -2.40. The van der Waals surface area contributed by atoms with Crippen molar-refractivity contribution in [2.24, 2.45) is 5.92 Å². The van der Waals surface area contributed by atoms with E-state index < -0.39 is 23.8 Å². The first-order chi connectivity index (χ1) is 11.2. The fraction of sp³-hybridized carbons (Fsp3) is 0.353. The molecule has 0 aliphatic heterocycles. The van der Waals surface area contributed by atoms with Gasteiger partial charge in [-0.2, -0.15) is 13.2 Å². The smallest absolute Gasteiger partial charge is 0.416 e. The summed E-state index contributed by atoms with van der Waals surface area (Å²) in [4.78, 5) is 11.1. The molecule has 0 aliphatic carbocycles. The molecule has 2 N–H and O–H groups in total. The summed E-state index contributed by atoms with van der Waals surface area (Å²) in [6.07, 6.45) is -4.42. The van der Waals surface area contributed by atoms with Crippen molar-refractivity contribution >= 4 is 5.97 Å². The summed E-state index contributed by atoms with van der Waals surface area (Å²) >= 11 is 0. The SMILES string of the molecule is CC(C)[C@@H](NCc1ccc(-c2cccc(C(F)(F)F)c2)o1)C(=O)O. The second-order valence-corrected chi connectivity index (χ2v) is 5.79. The molecule has 0 bridgehead atoms. The van der Waals surface area contributed by atoms with Crippen LogP contribution in [0, 0.1) is 5.92 Å². The van der Waals surface area contributed by atoms with Crippen LogP contribution in [0.15, 0.2) is 40.8 Å². The number of carbonyl (C=O) groups is 1. The number of halogens is 3. The average molecular weight is 341 g/mol. The van der Waals surface area contributed by atoms with E-state index >= 15 is 0 Å². The fourth-order valence-corrected chi connectivity index (χ4v) is 2.30. The molecule has 0 radical (unpaired) electrons. The van der Waals surface area contributed by atoms with Crippen molar-refractivity contribution in [3.63, 3.8) is 0 Å². The minimum Gasteiger partial charge on any atom is -0.480 e. The number of alkyl halides is 3. The van der Waals surface area contributed by atoms with Gasteiger partial charge in [0.25, 0.3) is 0 Å². The van der Waals surface area contributed by atoms with Gasteiger partial charge in [-0.25, -0.2) is 0 Å². The maximum absolute atomic E-state index is 12.8. The van der Waals surface area contributed by atoms with Crippen LogP contribution in [0.2, 0.25) is 0 Å². The summed E-state index contributed by atoms with van der Waals surface area (Å²) in [6.45, 7) is 3.73. The number of nitrogens with one attached hydrogen (secondary N) is 1. The van der Waals surface area contributed by atoms with E-state index in [0.29, 0.717) is 17.1 Å². The highest BCUT2D eigenvalue weighted by Crippen LogP contribution is 2.32. The highest BCUT2D eigenvalue weighted by atomic mass is 19.4. The first kappa shape index (κ1) is 18.1. The fourth-order valence-electron chi connectivity index (χ4n) is 2.30. The van der Waals surface area contributed by atoms with Gasteiger partial charge < -0.3 is 9.52 Å². The summed E-state index contributed by atoms with van der Waals surface area (Å²) in [5.41, 5.74) is -0.434. The summed E-state index contributed by atoms with van der Waals surface area (Å²) in [5.74, 6) is -0.321. The predicted octanol–water partition coefficient (Wildman–Crippen LogP) is 4.16. The highest BCUT2D eigenvalue weighted by Gasteiger charge is 2.30. The molecule has 2 aromatic rings. The highest BCUT2D eigenvalue weighted by molar-refractivity contribution is 5.73. The number of hydrogen-bond acceptors (Lipinski definition) is 3. The molecule has 24 heavy (non-hydrogen) atoms. The van der Waals surface area contributed by atoms with Gasteiger partial charge in [-0.3, -0.25) is 10.1 Å². The third-order valence-electron chi connectivity index (χ3n) is 3.56. The first-order valence-electron chi connectivity index (χ1n) is 7.41. The number of hydrogen-bond donors (Lipinski definition) is 2. The Kier molecular flexibility index (Phi) is 5.33. The molecule has 7 heteroatoms. The number of carboxylic acid groups (broad SMARTS) is 1. The van der Waals surface area contributed by atoms with Crippen molar-refractivity contribution in [3.05, 3.63) is 47.7 Å². The molecule has 0 aliphatic rings. The van der Waals surface area contributed by atoms with Crippen LogP contribution in [0.3, 0.4) is 0 Å². The summed E-state index contributed by atoms with van der Waals surface area (Å²) in [6, 6.07) is 7.31. The van der Waals surface area contributed by atoms with E-state index in [1.54, 1.807) is 26.0 Å². The van der Waals surface area contributed by atoms with Crippen LogP contribution in [0.25, 0.3) is 11.3 Å². The lowest BCUT2D eigenvalue weighted by atomic mass is 10.1. The molecule has 2 rings (SSSR count). The Balaban J connectivity index is 2.12. The van der Waals surface area contributed by atoms with Crippen LogP contribution in [0.1, 0.15) is 25.2 Å². The molecule has 130 valence electrons. The maximum atomic E-state index is 12.8. The Morgan fingerprint density at radius 1 is 1.25 bits per heavy atom.